The van der Waals surface area contributed by atoms with Crippen LogP contribution >= 0.6 is 0 Å². The number of hydrogen-bond donors (Lipinski definition) is 0. The van der Waals surface area contributed by atoms with Crippen LogP contribution in [0.15, 0.2) is 48.5 Å². The Morgan fingerprint density at radius 1 is 1.12 bits per heavy atom. The van der Waals surface area contributed by atoms with Gasteiger partial charge in [-0.25, -0.2) is 4.68 Å². The van der Waals surface area contributed by atoms with Crippen LogP contribution in [-0.4, -0.2) is 32.8 Å². The minimum atomic E-state index is -4.46. The predicted molar refractivity (Wildman–Crippen MR) is 85.4 cm³/mol. The van der Waals surface area contributed by atoms with Crippen molar-refractivity contribution in [3.8, 4) is 0 Å². The molecule has 0 aliphatic rings. The fourth-order valence-electron chi connectivity index (χ4n) is 2.56. The molecule has 0 aliphatic carbocycles. The molecule has 1 amide bonds. The number of halogens is 3. The van der Waals surface area contributed by atoms with E-state index < -0.39 is 11.7 Å². The maximum absolute atomic E-state index is 13.1. The minimum absolute atomic E-state index is 0.0503. The van der Waals surface area contributed by atoms with Crippen LogP contribution < -0.4 is 0 Å². The van der Waals surface area contributed by atoms with E-state index in [1.165, 1.54) is 34.8 Å². The number of carbonyl (C=O) groups is 1. The first kappa shape index (κ1) is 16.9. The van der Waals surface area contributed by atoms with Crippen LogP contribution in [0.2, 0.25) is 0 Å². The Bertz CT molecular complexity index is 904. The molecule has 130 valence electrons. The molecular formula is C17H15F3N4O. The highest BCUT2D eigenvalue weighted by molar-refractivity contribution is 5.79. The predicted octanol–water partition coefficient (Wildman–Crippen LogP) is 3.11. The monoisotopic (exact) mass is 348 g/mol. The lowest BCUT2D eigenvalue weighted by Gasteiger charge is -2.20. The molecule has 0 N–H and O–H groups in total. The van der Waals surface area contributed by atoms with Crippen LogP contribution in [0.1, 0.15) is 11.1 Å². The number of likely N-dealkylation sites (N-methyl/N-ethyl adjacent to an activating group) is 1. The van der Waals surface area contributed by atoms with Gasteiger partial charge in [-0.1, -0.05) is 35.5 Å². The average Bonchev–Trinajstić information content (AvgIpc) is 2.97. The van der Waals surface area contributed by atoms with Gasteiger partial charge in [0.1, 0.15) is 12.1 Å². The van der Waals surface area contributed by atoms with Gasteiger partial charge >= 0.3 is 6.18 Å². The summed E-state index contributed by atoms with van der Waals surface area (Å²) >= 11 is 0. The number of amides is 1. The second kappa shape index (κ2) is 6.54. The third kappa shape index (κ3) is 3.62. The van der Waals surface area contributed by atoms with Crippen molar-refractivity contribution in [1.82, 2.24) is 19.9 Å². The van der Waals surface area contributed by atoms with Crippen molar-refractivity contribution in [2.24, 2.45) is 0 Å². The van der Waals surface area contributed by atoms with E-state index in [2.05, 4.69) is 10.3 Å². The van der Waals surface area contributed by atoms with Crippen LogP contribution in [-0.2, 0) is 24.1 Å². The molecule has 0 saturated heterocycles. The largest absolute Gasteiger partial charge is 0.416 e. The molecule has 0 radical (unpaired) electrons. The van der Waals surface area contributed by atoms with Crippen molar-refractivity contribution in [3.63, 3.8) is 0 Å². The zero-order valence-corrected chi connectivity index (χ0v) is 13.4. The Hall–Kier alpha value is -2.90. The van der Waals surface area contributed by atoms with Gasteiger partial charge in [-0.2, -0.15) is 13.2 Å². The van der Waals surface area contributed by atoms with E-state index in [4.69, 9.17) is 0 Å². The number of fused-ring (bicyclic) bond motifs is 1. The molecule has 8 heteroatoms. The third-order valence-electron chi connectivity index (χ3n) is 3.86. The fraction of sp³-hybridized carbons (Fsp3) is 0.235. The molecule has 1 heterocycles. The standard InChI is InChI=1S/C17H15F3N4O/c1-23(10-12-6-2-3-7-13(12)17(18,19)20)16(25)11-24-15-9-5-4-8-14(15)21-22-24/h2-9H,10-11H2,1H3. The Morgan fingerprint density at radius 3 is 2.56 bits per heavy atom. The molecule has 1 aromatic heterocycles. The highest BCUT2D eigenvalue weighted by Gasteiger charge is 2.33. The van der Waals surface area contributed by atoms with Crippen molar-refractivity contribution in [3.05, 3.63) is 59.7 Å². The summed E-state index contributed by atoms with van der Waals surface area (Å²) in [5, 5.41) is 7.88. The number of para-hydroxylation sites is 1. The molecule has 0 spiro atoms. The number of rotatable bonds is 4. The molecule has 0 fully saturated rings. The van der Waals surface area contributed by atoms with Gasteiger partial charge in [-0.3, -0.25) is 4.79 Å². The lowest BCUT2D eigenvalue weighted by atomic mass is 10.1. The van der Waals surface area contributed by atoms with Gasteiger partial charge in [-0.05, 0) is 23.8 Å². The second-order valence-corrected chi connectivity index (χ2v) is 5.64. The lowest BCUT2D eigenvalue weighted by molar-refractivity contribution is -0.139. The first-order valence-corrected chi connectivity index (χ1v) is 7.53. The van der Waals surface area contributed by atoms with Gasteiger partial charge in [-0.15, -0.1) is 5.10 Å². The maximum Gasteiger partial charge on any atom is 0.416 e. The van der Waals surface area contributed by atoms with Crippen LogP contribution in [0, 0.1) is 0 Å². The van der Waals surface area contributed by atoms with Gasteiger partial charge in [0.25, 0.3) is 0 Å². The van der Waals surface area contributed by atoms with E-state index in [-0.39, 0.29) is 24.6 Å². The Morgan fingerprint density at radius 2 is 1.80 bits per heavy atom. The number of aromatic nitrogens is 3. The Labute approximate surface area is 141 Å². The summed E-state index contributed by atoms with van der Waals surface area (Å²) in [7, 11) is 1.47. The summed E-state index contributed by atoms with van der Waals surface area (Å²) in [4.78, 5) is 13.6. The van der Waals surface area contributed by atoms with Gasteiger partial charge in [0.05, 0.1) is 11.1 Å². The normalized spacial score (nSPS) is 11.7. The zero-order valence-electron chi connectivity index (χ0n) is 13.4. The maximum atomic E-state index is 13.1. The Kier molecular flexibility index (Phi) is 4.43. The number of hydrogen-bond acceptors (Lipinski definition) is 3. The van der Waals surface area contributed by atoms with E-state index in [9.17, 15) is 18.0 Å². The molecule has 25 heavy (non-hydrogen) atoms. The molecule has 0 bridgehead atoms. The second-order valence-electron chi connectivity index (χ2n) is 5.64. The van der Waals surface area contributed by atoms with Gasteiger partial charge in [0.15, 0.2) is 0 Å². The molecular weight excluding hydrogens is 333 g/mol. The van der Waals surface area contributed by atoms with Crippen molar-refractivity contribution < 1.29 is 18.0 Å². The molecule has 3 aromatic rings. The van der Waals surface area contributed by atoms with Crippen LogP contribution in [0.3, 0.4) is 0 Å². The number of carbonyl (C=O) groups excluding carboxylic acids is 1. The van der Waals surface area contributed by atoms with E-state index in [1.54, 1.807) is 18.2 Å². The SMILES string of the molecule is CN(Cc1ccccc1C(F)(F)F)C(=O)Cn1nnc2ccccc21. The molecule has 3 rings (SSSR count). The molecule has 5 nitrogen and oxygen atoms in total. The van der Waals surface area contributed by atoms with Crippen LogP contribution in [0.4, 0.5) is 13.2 Å². The highest BCUT2D eigenvalue weighted by atomic mass is 19.4. The van der Waals surface area contributed by atoms with Crippen molar-refractivity contribution in [2.75, 3.05) is 7.05 Å². The lowest BCUT2D eigenvalue weighted by Crippen LogP contribution is -2.31. The van der Waals surface area contributed by atoms with Crippen molar-refractivity contribution in [1.29, 1.82) is 0 Å². The third-order valence-corrected chi connectivity index (χ3v) is 3.86. The van der Waals surface area contributed by atoms with Gasteiger partial charge in [0, 0.05) is 13.6 Å². The van der Waals surface area contributed by atoms with Crippen LogP contribution in [0.25, 0.3) is 11.0 Å². The van der Waals surface area contributed by atoms with Crippen molar-refractivity contribution in [2.45, 2.75) is 19.3 Å². The Balaban J connectivity index is 1.76. The van der Waals surface area contributed by atoms with E-state index >= 15 is 0 Å². The molecule has 0 aliphatic heterocycles. The fourth-order valence-corrected chi connectivity index (χ4v) is 2.56. The number of alkyl halides is 3. The molecule has 2 aromatic carbocycles. The minimum Gasteiger partial charge on any atom is -0.340 e. The summed E-state index contributed by atoms with van der Waals surface area (Å²) in [6, 6.07) is 12.4. The summed E-state index contributed by atoms with van der Waals surface area (Å²) in [6.07, 6.45) is -4.46. The first-order valence-electron chi connectivity index (χ1n) is 7.53. The van der Waals surface area contributed by atoms with E-state index in [0.717, 1.165) is 6.07 Å². The molecule has 0 unspecified atom stereocenters. The summed E-state index contributed by atoms with van der Waals surface area (Å²) < 4.78 is 40.6. The van der Waals surface area contributed by atoms with Crippen LogP contribution in [0.5, 0.6) is 0 Å². The van der Waals surface area contributed by atoms with Gasteiger partial charge in [0.2, 0.25) is 5.91 Å². The summed E-state index contributed by atoms with van der Waals surface area (Å²) in [6.45, 7) is -0.230. The summed E-state index contributed by atoms with van der Waals surface area (Å²) in [5.41, 5.74) is 0.662. The smallest absolute Gasteiger partial charge is 0.340 e. The average molecular weight is 348 g/mol. The highest BCUT2D eigenvalue weighted by Crippen LogP contribution is 2.32. The van der Waals surface area contributed by atoms with Crippen molar-refractivity contribution >= 4 is 16.9 Å². The van der Waals surface area contributed by atoms with E-state index in [0.29, 0.717) is 11.0 Å². The van der Waals surface area contributed by atoms with E-state index in [1.807, 2.05) is 6.07 Å². The quantitative estimate of drug-likeness (QED) is 0.728. The molecule has 0 atom stereocenters. The topological polar surface area (TPSA) is 51.0 Å². The molecule has 0 saturated carbocycles. The first-order chi connectivity index (χ1) is 11.9. The number of benzene rings is 2. The summed E-state index contributed by atoms with van der Waals surface area (Å²) in [5.74, 6) is -0.354. The number of nitrogens with zero attached hydrogens (tertiary/aromatic N) is 4. The zero-order chi connectivity index (χ0) is 18.0. The van der Waals surface area contributed by atoms with Gasteiger partial charge < -0.3 is 4.90 Å².